The van der Waals surface area contributed by atoms with Gasteiger partial charge in [-0.15, -0.1) is 0 Å². The molecule has 2 heteroatoms. The van der Waals surface area contributed by atoms with Gasteiger partial charge in [-0.2, -0.15) is 11.3 Å². The second kappa shape index (κ2) is 6.88. The predicted octanol–water partition coefficient (Wildman–Crippen LogP) is 5.18. The van der Waals surface area contributed by atoms with Gasteiger partial charge in [-0.25, -0.2) is 0 Å². The highest BCUT2D eigenvalue weighted by Crippen LogP contribution is 2.27. The standard InChI is InChI=1S/C19H21NS/c1-2-11-20-19(13-15-10-12-21-14-15)18-9-5-7-16-6-3-4-8-17(16)18/h3-10,12,14,19-20H,2,11,13H2,1H3. The van der Waals surface area contributed by atoms with Crippen LogP contribution in [-0.4, -0.2) is 6.54 Å². The number of benzene rings is 2. The van der Waals surface area contributed by atoms with Crippen molar-refractivity contribution in [3.63, 3.8) is 0 Å². The van der Waals surface area contributed by atoms with Crippen LogP contribution in [0.25, 0.3) is 10.8 Å². The Morgan fingerprint density at radius 3 is 2.71 bits per heavy atom. The topological polar surface area (TPSA) is 12.0 Å². The zero-order chi connectivity index (χ0) is 14.5. The first kappa shape index (κ1) is 14.3. The van der Waals surface area contributed by atoms with Crippen molar-refractivity contribution in [2.45, 2.75) is 25.8 Å². The Morgan fingerprint density at radius 2 is 1.90 bits per heavy atom. The number of hydrogen-bond acceptors (Lipinski definition) is 2. The van der Waals surface area contributed by atoms with E-state index < -0.39 is 0 Å². The fourth-order valence-corrected chi connectivity index (χ4v) is 3.49. The summed E-state index contributed by atoms with van der Waals surface area (Å²) in [6.45, 7) is 3.27. The number of rotatable bonds is 6. The molecular formula is C19H21NS. The van der Waals surface area contributed by atoms with Crippen molar-refractivity contribution in [1.82, 2.24) is 5.32 Å². The van der Waals surface area contributed by atoms with Crippen molar-refractivity contribution >= 4 is 22.1 Å². The summed E-state index contributed by atoms with van der Waals surface area (Å²) in [5, 5.41) is 10.8. The van der Waals surface area contributed by atoms with Crippen LogP contribution in [0.3, 0.4) is 0 Å². The summed E-state index contributed by atoms with van der Waals surface area (Å²) in [6.07, 6.45) is 2.21. The molecule has 1 nitrogen and oxygen atoms in total. The van der Waals surface area contributed by atoms with Gasteiger partial charge in [0.1, 0.15) is 0 Å². The van der Waals surface area contributed by atoms with Crippen molar-refractivity contribution < 1.29 is 0 Å². The Kier molecular flexibility index (Phi) is 4.69. The molecule has 0 aliphatic carbocycles. The molecule has 3 aromatic rings. The summed E-state index contributed by atoms with van der Waals surface area (Å²) < 4.78 is 0. The number of thiophene rings is 1. The Balaban J connectivity index is 1.97. The fraction of sp³-hybridized carbons (Fsp3) is 0.263. The van der Waals surface area contributed by atoms with Gasteiger partial charge in [0.15, 0.2) is 0 Å². The van der Waals surface area contributed by atoms with Gasteiger partial charge in [0.25, 0.3) is 0 Å². The van der Waals surface area contributed by atoms with E-state index in [-0.39, 0.29) is 0 Å². The smallest absolute Gasteiger partial charge is 0.0367 e. The SMILES string of the molecule is CCCNC(Cc1ccsc1)c1cccc2ccccc12. The molecule has 0 amide bonds. The molecule has 1 heterocycles. The van der Waals surface area contributed by atoms with Crippen molar-refractivity contribution in [1.29, 1.82) is 0 Å². The van der Waals surface area contributed by atoms with E-state index in [9.17, 15) is 0 Å². The zero-order valence-corrected chi connectivity index (χ0v) is 13.2. The van der Waals surface area contributed by atoms with Gasteiger partial charge in [-0.05, 0) is 58.1 Å². The third-order valence-electron chi connectivity index (χ3n) is 3.86. The summed E-state index contributed by atoms with van der Waals surface area (Å²) >= 11 is 1.78. The van der Waals surface area contributed by atoms with Crippen molar-refractivity contribution in [3.05, 3.63) is 70.4 Å². The van der Waals surface area contributed by atoms with Crippen LogP contribution in [-0.2, 0) is 6.42 Å². The second-order valence-electron chi connectivity index (χ2n) is 5.41. The van der Waals surface area contributed by atoms with Crippen LogP contribution in [0.5, 0.6) is 0 Å². The fourth-order valence-electron chi connectivity index (χ4n) is 2.81. The number of hydrogen-bond donors (Lipinski definition) is 1. The first-order chi connectivity index (χ1) is 10.4. The van der Waals surface area contributed by atoms with Crippen LogP contribution in [0.15, 0.2) is 59.3 Å². The van der Waals surface area contributed by atoms with Crippen LogP contribution < -0.4 is 5.32 Å². The lowest BCUT2D eigenvalue weighted by atomic mass is 9.95. The van der Waals surface area contributed by atoms with Crippen LogP contribution in [0, 0.1) is 0 Å². The maximum atomic E-state index is 3.72. The molecule has 0 bridgehead atoms. The molecule has 0 fully saturated rings. The minimum Gasteiger partial charge on any atom is -0.310 e. The van der Waals surface area contributed by atoms with Gasteiger partial charge >= 0.3 is 0 Å². The van der Waals surface area contributed by atoms with Gasteiger partial charge in [-0.3, -0.25) is 0 Å². The Morgan fingerprint density at radius 1 is 1.05 bits per heavy atom. The van der Waals surface area contributed by atoms with Crippen LogP contribution >= 0.6 is 11.3 Å². The first-order valence-corrected chi connectivity index (χ1v) is 8.55. The van der Waals surface area contributed by atoms with Gasteiger partial charge < -0.3 is 5.32 Å². The van der Waals surface area contributed by atoms with Gasteiger partial charge in [0.2, 0.25) is 0 Å². The zero-order valence-electron chi connectivity index (χ0n) is 12.4. The van der Waals surface area contributed by atoms with Crippen molar-refractivity contribution in [3.8, 4) is 0 Å². The van der Waals surface area contributed by atoms with Crippen LogP contribution in [0.1, 0.15) is 30.5 Å². The maximum Gasteiger partial charge on any atom is 0.0367 e. The molecule has 0 saturated carbocycles. The minimum atomic E-state index is 0.380. The lowest BCUT2D eigenvalue weighted by Gasteiger charge is -2.20. The molecule has 1 aromatic heterocycles. The molecule has 3 rings (SSSR count). The molecule has 0 aliphatic rings. The quantitative estimate of drug-likeness (QED) is 0.660. The van der Waals surface area contributed by atoms with E-state index in [1.54, 1.807) is 11.3 Å². The van der Waals surface area contributed by atoms with E-state index in [2.05, 4.69) is 71.5 Å². The highest BCUT2D eigenvalue weighted by atomic mass is 32.1. The summed E-state index contributed by atoms with van der Waals surface area (Å²) in [4.78, 5) is 0. The van der Waals surface area contributed by atoms with E-state index in [0.29, 0.717) is 6.04 Å². The number of fused-ring (bicyclic) bond motifs is 1. The molecular weight excluding hydrogens is 274 g/mol. The second-order valence-corrected chi connectivity index (χ2v) is 6.19. The van der Waals surface area contributed by atoms with Crippen molar-refractivity contribution in [2.75, 3.05) is 6.54 Å². The molecule has 2 aromatic carbocycles. The molecule has 108 valence electrons. The summed E-state index contributed by atoms with van der Waals surface area (Å²) in [7, 11) is 0. The van der Waals surface area contributed by atoms with Gasteiger partial charge in [-0.1, -0.05) is 49.4 Å². The van der Waals surface area contributed by atoms with Crippen LogP contribution in [0.2, 0.25) is 0 Å². The van der Waals surface area contributed by atoms with Gasteiger partial charge in [0.05, 0.1) is 0 Å². The monoisotopic (exact) mass is 295 g/mol. The van der Waals surface area contributed by atoms with E-state index >= 15 is 0 Å². The Labute approximate surface area is 130 Å². The molecule has 0 aliphatic heterocycles. The van der Waals surface area contributed by atoms with E-state index in [1.165, 1.54) is 21.9 Å². The largest absolute Gasteiger partial charge is 0.310 e. The van der Waals surface area contributed by atoms with Crippen LogP contribution in [0.4, 0.5) is 0 Å². The molecule has 0 spiro atoms. The summed E-state index contributed by atoms with van der Waals surface area (Å²) in [5.41, 5.74) is 2.83. The van der Waals surface area contributed by atoms with Gasteiger partial charge in [0, 0.05) is 6.04 Å². The highest BCUT2D eigenvalue weighted by Gasteiger charge is 2.14. The third-order valence-corrected chi connectivity index (χ3v) is 4.59. The summed E-state index contributed by atoms with van der Waals surface area (Å²) in [5.74, 6) is 0. The maximum absolute atomic E-state index is 3.72. The molecule has 1 atom stereocenters. The molecule has 0 saturated heterocycles. The Bertz CT molecular complexity index is 682. The highest BCUT2D eigenvalue weighted by molar-refractivity contribution is 7.07. The minimum absolute atomic E-state index is 0.380. The molecule has 0 radical (unpaired) electrons. The predicted molar refractivity (Wildman–Crippen MR) is 93.0 cm³/mol. The third kappa shape index (κ3) is 3.34. The molecule has 1 unspecified atom stereocenters. The van der Waals surface area contributed by atoms with E-state index in [1.807, 2.05) is 0 Å². The summed E-state index contributed by atoms with van der Waals surface area (Å²) in [6, 6.07) is 17.9. The van der Waals surface area contributed by atoms with Crippen molar-refractivity contribution in [2.24, 2.45) is 0 Å². The lowest BCUT2D eigenvalue weighted by Crippen LogP contribution is -2.24. The lowest BCUT2D eigenvalue weighted by molar-refractivity contribution is 0.533. The normalized spacial score (nSPS) is 12.6. The average molecular weight is 295 g/mol. The number of nitrogens with one attached hydrogen (secondary N) is 1. The molecule has 21 heavy (non-hydrogen) atoms. The van der Waals surface area contributed by atoms with E-state index in [0.717, 1.165) is 19.4 Å². The molecule has 1 N–H and O–H groups in total. The first-order valence-electron chi connectivity index (χ1n) is 7.60. The Hall–Kier alpha value is -1.64. The average Bonchev–Trinajstić information content (AvgIpc) is 3.04. The van der Waals surface area contributed by atoms with E-state index in [4.69, 9.17) is 0 Å².